The molecule has 0 aliphatic carbocycles. The summed E-state index contributed by atoms with van der Waals surface area (Å²) < 4.78 is 10.4. The first-order valence-electron chi connectivity index (χ1n) is 6.59. The van der Waals surface area contributed by atoms with Gasteiger partial charge in [-0.15, -0.1) is 0 Å². The largest absolute Gasteiger partial charge is 0.444 e. The van der Waals surface area contributed by atoms with Crippen molar-refractivity contribution < 1.29 is 14.3 Å². The second-order valence-electron chi connectivity index (χ2n) is 5.62. The second-order valence-corrected chi connectivity index (χ2v) is 5.62. The lowest BCUT2D eigenvalue weighted by Gasteiger charge is -2.19. The van der Waals surface area contributed by atoms with E-state index in [4.69, 9.17) is 9.47 Å². The number of hydrogen-bond acceptors (Lipinski definition) is 6. The van der Waals surface area contributed by atoms with Crippen LogP contribution in [0.2, 0.25) is 0 Å². The van der Waals surface area contributed by atoms with E-state index in [9.17, 15) is 4.79 Å². The molecule has 2 rings (SSSR count). The Hall–Kier alpha value is -1.89. The van der Waals surface area contributed by atoms with Crippen molar-refractivity contribution in [1.29, 1.82) is 0 Å². The van der Waals surface area contributed by atoms with Crippen LogP contribution in [-0.2, 0) is 9.47 Å². The van der Waals surface area contributed by atoms with Crippen molar-refractivity contribution in [2.75, 3.05) is 23.8 Å². The zero-order valence-electron chi connectivity index (χ0n) is 12.0. The summed E-state index contributed by atoms with van der Waals surface area (Å²) in [6.07, 6.45) is 1.80. The summed E-state index contributed by atoms with van der Waals surface area (Å²) in [6, 6.07) is 1.92. The molecular weight excluding hydrogens is 260 g/mol. The SMILES string of the molecule is CC(C)(C)OC(=O)Nc1cc(NC2CCOC2)ncn1. The lowest BCUT2D eigenvalue weighted by Crippen LogP contribution is -2.27. The van der Waals surface area contributed by atoms with Crippen LogP contribution in [0.5, 0.6) is 0 Å². The molecule has 2 N–H and O–H groups in total. The Morgan fingerprint density at radius 1 is 1.40 bits per heavy atom. The van der Waals surface area contributed by atoms with E-state index < -0.39 is 11.7 Å². The summed E-state index contributed by atoms with van der Waals surface area (Å²) in [5.41, 5.74) is -0.542. The van der Waals surface area contributed by atoms with E-state index >= 15 is 0 Å². The molecule has 1 saturated heterocycles. The van der Waals surface area contributed by atoms with E-state index in [2.05, 4.69) is 20.6 Å². The molecule has 0 spiro atoms. The lowest BCUT2D eigenvalue weighted by molar-refractivity contribution is 0.0635. The second kappa shape index (κ2) is 6.04. The average Bonchev–Trinajstić information content (AvgIpc) is 2.79. The van der Waals surface area contributed by atoms with Crippen LogP contribution in [0.1, 0.15) is 27.2 Å². The standard InChI is InChI=1S/C13H20N4O3/c1-13(2,3)20-12(18)17-11-6-10(14-8-15-11)16-9-4-5-19-7-9/h6,8-9H,4-5,7H2,1-3H3,(H2,14,15,16,17,18). The fourth-order valence-electron chi connectivity index (χ4n) is 1.77. The van der Waals surface area contributed by atoms with Crippen LogP contribution in [0, 0.1) is 0 Å². The van der Waals surface area contributed by atoms with Crippen molar-refractivity contribution in [2.45, 2.75) is 38.8 Å². The van der Waals surface area contributed by atoms with Crippen molar-refractivity contribution in [3.8, 4) is 0 Å². The number of nitrogens with one attached hydrogen (secondary N) is 2. The van der Waals surface area contributed by atoms with Gasteiger partial charge >= 0.3 is 6.09 Å². The summed E-state index contributed by atoms with van der Waals surface area (Å²) in [6.45, 7) is 6.84. The smallest absolute Gasteiger partial charge is 0.413 e. The van der Waals surface area contributed by atoms with Gasteiger partial charge in [-0.1, -0.05) is 0 Å². The quantitative estimate of drug-likeness (QED) is 0.881. The van der Waals surface area contributed by atoms with Gasteiger partial charge in [-0.3, -0.25) is 5.32 Å². The number of carbonyl (C=O) groups is 1. The van der Waals surface area contributed by atoms with Gasteiger partial charge in [-0.2, -0.15) is 0 Å². The predicted molar refractivity (Wildman–Crippen MR) is 74.7 cm³/mol. The van der Waals surface area contributed by atoms with E-state index in [0.29, 0.717) is 18.2 Å². The van der Waals surface area contributed by atoms with Crippen LogP contribution in [0.25, 0.3) is 0 Å². The third kappa shape index (κ3) is 4.65. The molecule has 0 bridgehead atoms. The number of ether oxygens (including phenoxy) is 2. The van der Waals surface area contributed by atoms with Gasteiger partial charge in [0.05, 0.1) is 12.6 Å². The monoisotopic (exact) mass is 280 g/mol. The van der Waals surface area contributed by atoms with Crippen LogP contribution in [0.3, 0.4) is 0 Å². The molecule has 1 aliphatic heterocycles. The number of aromatic nitrogens is 2. The normalized spacial score (nSPS) is 18.6. The molecule has 1 aliphatic rings. The minimum absolute atomic E-state index is 0.249. The molecule has 0 radical (unpaired) electrons. The van der Waals surface area contributed by atoms with Crippen molar-refractivity contribution in [2.24, 2.45) is 0 Å². The van der Waals surface area contributed by atoms with Crippen molar-refractivity contribution in [3.05, 3.63) is 12.4 Å². The minimum atomic E-state index is -0.542. The lowest BCUT2D eigenvalue weighted by atomic mass is 10.2. The molecule has 0 aromatic carbocycles. The highest BCUT2D eigenvalue weighted by molar-refractivity contribution is 5.84. The molecule has 20 heavy (non-hydrogen) atoms. The van der Waals surface area contributed by atoms with Crippen molar-refractivity contribution >= 4 is 17.7 Å². The Kier molecular flexibility index (Phi) is 4.39. The minimum Gasteiger partial charge on any atom is -0.444 e. The maximum atomic E-state index is 11.6. The van der Waals surface area contributed by atoms with Gasteiger partial charge in [0.25, 0.3) is 0 Å². The summed E-state index contributed by atoms with van der Waals surface area (Å²) in [7, 11) is 0. The Labute approximate surface area is 118 Å². The molecule has 0 saturated carbocycles. The van der Waals surface area contributed by atoms with Crippen LogP contribution in [-0.4, -0.2) is 40.9 Å². The summed E-state index contributed by atoms with van der Waals surface area (Å²) >= 11 is 0. The van der Waals surface area contributed by atoms with Crippen molar-refractivity contribution in [3.63, 3.8) is 0 Å². The molecule has 1 fully saturated rings. The Morgan fingerprint density at radius 3 is 2.80 bits per heavy atom. The average molecular weight is 280 g/mol. The van der Waals surface area contributed by atoms with E-state index in [1.54, 1.807) is 26.8 Å². The van der Waals surface area contributed by atoms with E-state index in [-0.39, 0.29) is 6.04 Å². The number of hydrogen-bond donors (Lipinski definition) is 2. The fourth-order valence-corrected chi connectivity index (χ4v) is 1.77. The van der Waals surface area contributed by atoms with E-state index in [1.807, 2.05) is 0 Å². The summed E-state index contributed by atoms with van der Waals surface area (Å²) in [5.74, 6) is 1.05. The fraction of sp³-hybridized carbons (Fsp3) is 0.615. The first-order chi connectivity index (χ1) is 9.42. The molecule has 1 amide bonds. The van der Waals surface area contributed by atoms with Gasteiger partial charge in [0.2, 0.25) is 0 Å². The number of rotatable bonds is 3. The highest BCUT2D eigenvalue weighted by Crippen LogP contribution is 2.15. The first-order valence-corrected chi connectivity index (χ1v) is 6.59. The van der Waals surface area contributed by atoms with Gasteiger partial charge in [0, 0.05) is 12.7 Å². The van der Waals surface area contributed by atoms with Gasteiger partial charge in [0.15, 0.2) is 0 Å². The summed E-state index contributed by atoms with van der Waals surface area (Å²) in [4.78, 5) is 19.8. The third-order valence-electron chi connectivity index (χ3n) is 2.58. The molecule has 7 heteroatoms. The highest BCUT2D eigenvalue weighted by atomic mass is 16.6. The molecule has 1 aromatic heterocycles. The predicted octanol–water partition coefficient (Wildman–Crippen LogP) is 2.02. The molecule has 1 unspecified atom stereocenters. The van der Waals surface area contributed by atoms with Crippen LogP contribution >= 0.6 is 0 Å². The van der Waals surface area contributed by atoms with E-state index in [1.165, 1.54) is 6.33 Å². The first kappa shape index (κ1) is 14.5. The Balaban J connectivity index is 1.93. The maximum absolute atomic E-state index is 11.6. The van der Waals surface area contributed by atoms with Gasteiger partial charge in [0.1, 0.15) is 23.6 Å². The third-order valence-corrected chi connectivity index (χ3v) is 2.58. The van der Waals surface area contributed by atoms with E-state index in [0.717, 1.165) is 13.0 Å². The van der Waals surface area contributed by atoms with Crippen LogP contribution in [0.4, 0.5) is 16.4 Å². The van der Waals surface area contributed by atoms with Gasteiger partial charge in [-0.25, -0.2) is 14.8 Å². The summed E-state index contributed by atoms with van der Waals surface area (Å²) in [5, 5.41) is 5.81. The topological polar surface area (TPSA) is 85.4 Å². The molecule has 1 aromatic rings. The molecule has 2 heterocycles. The van der Waals surface area contributed by atoms with Crippen LogP contribution in [0.15, 0.2) is 12.4 Å². The molecular formula is C13H20N4O3. The van der Waals surface area contributed by atoms with Crippen molar-refractivity contribution in [1.82, 2.24) is 9.97 Å². The number of amides is 1. The van der Waals surface area contributed by atoms with Crippen LogP contribution < -0.4 is 10.6 Å². The maximum Gasteiger partial charge on any atom is 0.413 e. The highest BCUT2D eigenvalue weighted by Gasteiger charge is 2.18. The number of anilines is 2. The molecule has 110 valence electrons. The Bertz CT molecular complexity index is 467. The van der Waals surface area contributed by atoms with Gasteiger partial charge in [-0.05, 0) is 27.2 Å². The molecule has 1 atom stereocenters. The zero-order chi connectivity index (χ0) is 14.6. The Morgan fingerprint density at radius 2 is 2.15 bits per heavy atom. The number of carbonyl (C=O) groups excluding carboxylic acids is 1. The molecule has 7 nitrogen and oxygen atoms in total. The number of nitrogens with zero attached hydrogens (tertiary/aromatic N) is 2. The van der Waals surface area contributed by atoms with Gasteiger partial charge < -0.3 is 14.8 Å². The zero-order valence-corrected chi connectivity index (χ0v) is 12.0.